The molecular weight excluding hydrogens is 358 g/mol. The lowest BCUT2D eigenvalue weighted by molar-refractivity contribution is 0.0702. The highest BCUT2D eigenvalue weighted by Crippen LogP contribution is 2.26. The molecule has 1 fully saturated rings. The van der Waals surface area contributed by atoms with E-state index < -0.39 is 0 Å². The lowest BCUT2D eigenvalue weighted by Crippen LogP contribution is -2.38. The van der Waals surface area contributed by atoms with E-state index in [2.05, 4.69) is 11.1 Å². The van der Waals surface area contributed by atoms with Crippen molar-refractivity contribution in [2.24, 2.45) is 13.0 Å². The number of fused-ring (bicyclic) bond motifs is 1. The molecule has 1 aliphatic rings. The van der Waals surface area contributed by atoms with Crippen molar-refractivity contribution < 1.29 is 9.21 Å². The maximum Gasteiger partial charge on any atom is 0.294 e. The number of rotatable bonds is 2. The first-order chi connectivity index (χ1) is 13.4. The number of imidazole rings is 1. The predicted octanol–water partition coefficient (Wildman–Crippen LogP) is 2.29. The third-order valence-electron chi connectivity index (χ3n) is 5.35. The first kappa shape index (κ1) is 18.0. The van der Waals surface area contributed by atoms with Gasteiger partial charge in [0.15, 0.2) is 0 Å². The van der Waals surface area contributed by atoms with E-state index in [0.717, 1.165) is 17.1 Å². The molecule has 4 rings (SSSR count). The number of likely N-dealkylation sites (tertiary alicyclic amines) is 1. The molecule has 0 radical (unpaired) electrons. The van der Waals surface area contributed by atoms with E-state index >= 15 is 0 Å². The third kappa shape index (κ3) is 2.89. The minimum Gasteiger partial charge on any atom is -0.466 e. The second-order valence-corrected chi connectivity index (χ2v) is 7.26. The SMILES string of the molecule is Cc1cc(-c2cn3cc(C(=O)N4CCC(C#N)CC4)nc3c(=O)n2C)c(C)o1. The molecule has 0 saturated carbocycles. The van der Waals surface area contributed by atoms with E-state index in [1.807, 2.05) is 19.9 Å². The number of carbonyl (C=O) groups excluding carboxylic acids is 1. The summed E-state index contributed by atoms with van der Waals surface area (Å²) < 4.78 is 8.72. The van der Waals surface area contributed by atoms with Crippen LogP contribution in [0.3, 0.4) is 0 Å². The van der Waals surface area contributed by atoms with Crippen molar-refractivity contribution in [3.05, 3.63) is 46.0 Å². The van der Waals surface area contributed by atoms with E-state index in [1.54, 1.807) is 28.7 Å². The quantitative estimate of drug-likeness (QED) is 0.681. The molecule has 144 valence electrons. The monoisotopic (exact) mass is 379 g/mol. The Morgan fingerprint density at radius 3 is 2.61 bits per heavy atom. The molecule has 0 atom stereocenters. The van der Waals surface area contributed by atoms with Gasteiger partial charge >= 0.3 is 0 Å². The van der Waals surface area contributed by atoms with Gasteiger partial charge in [-0.15, -0.1) is 0 Å². The summed E-state index contributed by atoms with van der Waals surface area (Å²) in [7, 11) is 1.68. The molecule has 3 aromatic rings. The Bertz CT molecular complexity index is 1170. The molecule has 8 nitrogen and oxygen atoms in total. The number of nitriles is 1. The van der Waals surface area contributed by atoms with Gasteiger partial charge in [0.05, 0.1) is 11.8 Å². The van der Waals surface area contributed by atoms with Gasteiger partial charge in [0.1, 0.15) is 17.2 Å². The first-order valence-corrected chi connectivity index (χ1v) is 9.24. The van der Waals surface area contributed by atoms with Crippen molar-refractivity contribution >= 4 is 11.6 Å². The van der Waals surface area contributed by atoms with E-state index in [0.29, 0.717) is 31.6 Å². The fourth-order valence-corrected chi connectivity index (χ4v) is 3.74. The average molecular weight is 379 g/mol. The van der Waals surface area contributed by atoms with Gasteiger partial charge < -0.3 is 13.9 Å². The Morgan fingerprint density at radius 1 is 1.29 bits per heavy atom. The first-order valence-electron chi connectivity index (χ1n) is 9.24. The number of aryl methyl sites for hydroxylation is 2. The molecule has 0 bridgehead atoms. The number of piperidine rings is 1. The van der Waals surface area contributed by atoms with E-state index in [9.17, 15) is 9.59 Å². The van der Waals surface area contributed by atoms with Crippen molar-refractivity contribution in [1.82, 2.24) is 18.9 Å². The lowest BCUT2D eigenvalue weighted by atomic mass is 9.98. The number of hydrogen-bond acceptors (Lipinski definition) is 5. The molecule has 4 heterocycles. The van der Waals surface area contributed by atoms with Crippen LogP contribution in [0.15, 0.2) is 27.7 Å². The van der Waals surface area contributed by atoms with Gasteiger partial charge in [-0.25, -0.2) is 4.98 Å². The summed E-state index contributed by atoms with van der Waals surface area (Å²) in [5, 5.41) is 9.01. The summed E-state index contributed by atoms with van der Waals surface area (Å²) in [5.74, 6) is 1.28. The summed E-state index contributed by atoms with van der Waals surface area (Å²) in [5.41, 5.74) is 1.69. The van der Waals surface area contributed by atoms with Crippen molar-refractivity contribution in [3.8, 4) is 17.3 Å². The van der Waals surface area contributed by atoms with Crippen LogP contribution in [-0.4, -0.2) is 37.8 Å². The van der Waals surface area contributed by atoms with Crippen LogP contribution in [0.5, 0.6) is 0 Å². The van der Waals surface area contributed by atoms with Gasteiger partial charge in [-0.3, -0.25) is 14.0 Å². The van der Waals surface area contributed by atoms with Crippen LogP contribution < -0.4 is 5.56 Å². The second-order valence-electron chi connectivity index (χ2n) is 7.26. The van der Waals surface area contributed by atoms with Gasteiger partial charge in [0.2, 0.25) is 5.65 Å². The molecule has 0 spiro atoms. The van der Waals surface area contributed by atoms with Crippen LogP contribution in [-0.2, 0) is 7.05 Å². The highest BCUT2D eigenvalue weighted by atomic mass is 16.3. The maximum atomic E-state index is 12.8. The fraction of sp³-hybridized carbons (Fsp3) is 0.400. The molecular formula is C20H21N5O3. The normalized spacial score (nSPS) is 15.1. The number of amides is 1. The van der Waals surface area contributed by atoms with Crippen molar-refractivity contribution in [3.63, 3.8) is 0 Å². The minimum absolute atomic E-state index is 0.00151. The Kier molecular flexibility index (Phi) is 4.30. The molecule has 0 N–H and O–H groups in total. The topological polar surface area (TPSA) is 96.5 Å². The molecule has 0 aliphatic carbocycles. The van der Waals surface area contributed by atoms with Crippen molar-refractivity contribution in [2.75, 3.05) is 13.1 Å². The molecule has 1 aliphatic heterocycles. The van der Waals surface area contributed by atoms with Gasteiger partial charge in [-0.05, 0) is 32.8 Å². The van der Waals surface area contributed by atoms with Crippen LogP contribution >= 0.6 is 0 Å². The highest BCUT2D eigenvalue weighted by Gasteiger charge is 2.26. The molecule has 1 amide bonds. The summed E-state index contributed by atoms with van der Waals surface area (Å²) in [6.07, 6.45) is 4.72. The number of hydrogen-bond donors (Lipinski definition) is 0. The zero-order chi connectivity index (χ0) is 20.0. The predicted molar refractivity (Wildman–Crippen MR) is 102 cm³/mol. The molecule has 1 saturated heterocycles. The lowest BCUT2D eigenvalue weighted by Gasteiger charge is -2.28. The van der Waals surface area contributed by atoms with Gasteiger partial charge in [0, 0.05) is 44.0 Å². The Morgan fingerprint density at radius 2 is 2.00 bits per heavy atom. The van der Waals surface area contributed by atoms with Crippen LogP contribution in [0, 0.1) is 31.1 Å². The van der Waals surface area contributed by atoms with E-state index in [-0.39, 0.29) is 28.7 Å². The van der Waals surface area contributed by atoms with E-state index in [4.69, 9.17) is 9.68 Å². The van der Waals surface area contributed by atoms with Gasteiger partial charge in [-0.1, -0.05) is 0 Å². The highest BCUT2D eigenvalue weighted by molar-refractivity contribution is 5.93. The van der Waals surface area contributed by atoms with Crippen LogP contribution in [0.4, 0.5) is 0 Å². The minimum atomic E-state index is -0.280. The van der Waals surface area contributed by atoms with Crippen molar-refractivity contribution in [2.45, 2.75) is 26.7 Å². The molecule has 3 aromatic heterocycles. The summed E-state index contributed by atoms with van der Waals surface area (Å²) >= 11 is 0. The summed E-state index contributed by atoms with van der Waals surface area (Å²) in [6, 6.07) is 4.14. The third-order valence-corrected chi connectivity index (χ3v) is 5.35. The Hall–Kier alpha value is -3.34. The maximum absolute atomic E-state index is 12.8. The van der Waals surface area contributed by atoms with Crippen molar-refractivity contribution in [1.29, 1.82) is 5.26 Å². The standard InChI is InChI=1S/C20H21N5O3/c1-12-8-15(13(2)28-12)17-11-25-10-16(22-18(25)20(27)23(17)3)19(26)24-6-4-14(9-21)5-7-24/h8,10-11,14H,4-7H2,1-3H3. The molecule has 0 unspecified atom stereocenters. The summed E-state index contributed by atoms with van der Waals surface area (Å²) in [4.78, 5) is 31.6. The largest absolute Gasteiger partial charge is 0.466 e. The molecule has 28 heavy (non-hydrogen) atoms. The zero-order valence-corrected chi connectivity index (χ0v) is 16.1. The molecule has 0 aromatic carbocycles. The molecule has 8 heteroatoms. The van der Waals surface area contributed by atoms with Crippen LogP contribution in [0.1, 0.15) is 34.9 Å². The van der Waals surface area contributed by atoms with E-state index in [1.165, 1.54) is 4.57 Å². The average Bonchev–Trinajstić information content (AvgIpc) is 3.27. The number of aromatic nitrogens is 3. The number of nitrogens with zero attached hydrogens (tertiary/aromatic N) is 5. The zero-order valence-electron chi connectivity index (χ0n) is 16.1. The van der Waals surface area contributed by atoms with Crippen LogP contribution in [0.25, 0.3) is 16.9 Å². The smallest absolute Gasteiger partial charge is 0.294 e. The van der Waals surface area contributed by atoms with Gasteiger partial charge in [0.25, 0.3) is 11.5 Å². The fourth-order valence-electron chi connectivity index (χ4n) is 3.74. The summed E-state index contributed by atoms with van der Waals surface area (Å²) in [6.45, 7) is 4.77. The number of carbonyl (C=O) groups is 1. The number of furan rings is 1. The Balaban J connectivity index is 1.73. The van der Waals surface area contributed by atoms with Gasteiger partial charge in [-0.2, -0.15) is 5.26 Å². The second kappa shape index (κ2) is 6.68. The Labute approximate surface area is 161 Å². The van der Waals surface area contributed by atoms with Crippen LogP contribution in [0.2, 0.25) is 0 Å².